The van der Waals surface area contributed by atoms with Crippen molar-refractivity contribution >= 4 is 23.0 Å². The zero-order chi connectivity index (χ0) is 13.1. The molecule has 3 rings (SSSR count). The second-order valence-electron chi connectivity index (χ2n) is 4.61. The molecule has 1 aliphatic rings. The molecule has 1 aromatic carbocycles. The lowest BCUT2D eigenvalue weighted by Gasteiger charge is -2.09. The molecular formula is C15H15NO2S. The predicted molar refractivity (Wildman–Crippen MR) is 76.4 cm³/mol. The molecule has 2 heterocycles. The summed E-state index contributed by atoms with van der Waals surface area (Å²) in [5.41, 5.74) is 2.36. The quantitative estimate of drug-likeness (QED) is 0.868. The number of nitrogens with one attached hydrogen (secondary N) is 1. The van der Waals surface area contributed by atoms with E-state index in [0.717, 1.165) is 17.1 Å². The lowest BCUT2D eigenvalue weighted by Crippen LogP contribution is -2.11. The Bertz CT molecular complexity index is 565. The van der Waals surface area contributed by atoms with Crippen LogP contribution in [0.25, 0.3) is 0 Å². The van der Waals surface area contributed by atoms with Gasteiger partial charge in [-0.1, -0.05) is 24.3 Å². The molecule has 0 spiro atoms. The molecule has 1 atom stereocenters. The van der Waals surface area contributed by atoms with Gasteiger partial charge in [-0.25, -0.2) is 0 Å². The Morgan fingerprint density at radius 2 is 2.21 bits per heavy atom. The third-order valence-electron chi connectivity index (χ3n) is 3.31. The highest BCUT2D eigenvalue weighted by molar-refractivity contribution is 7.09. The van der Waals surface area contributed by atoms with Crippen molar-refractivity contribution in [2.45, 2.75) is 18.9 Å². The minimum atomic E-state index is -0.128. The molecule has 0 radical (unpaired) electrons. The molecule has 0 bridgehead atoms. The van der Waals surface area contributed by atoms with Crippen LogP contribution in [0, 0.1) is 0 Å². The zero-order valence-electron chi connectivity index (χ0n) is 10.5. The first kappa shape index (κ1) is 12.2. The summed E-state index contributed by atoms with van der Waals surface area (Å²) >= 11 is 1.61. The molecule has 2 aromatic rings. The van der Waals surface area contributed by atoms with Gasteiger partial charge in [0, 0.05) is 23.0 Å². The van der Waals surface area contributed by atoms with Gasteiger partial charge in [0.1, 0.15) is 6.61 Å². The Balaban J connectivity index is 1.56. The molecule has 0 aliphatic carbocycles. The summed E-state index contributed by atoms with van der Waals surface area (Å²) in [7, 11) is 0. The van der Waals surface area contributed by atoms with Crippen molar-refractivity contribution < 1.29 is 9.53 Å². The summed E-state index contributed by atoms with van der Waals surface area (Å²) in [5.74, 6) is 0.101. The largest absolute Gasteiger partial charge is 0.460 e. The Hall–Kier alpha value is -1.81. The molecule has 0 amide bonds. The molecular weight excluding hydrogens is 258 g/mol. The summed E-state index contributed by atoms with van der Waals surface area (Å²) in [4.78, 5) is 12.9. The third-order valence-corrected chi connectivity index (χ3v) is 4.16. The van der Waals surface area contributed by atoms with Gasteiger partial charge in [0.05, 0.1) is 6.42 Å². The first-order chi connectivity index (χ1) is 9.33. The Kier molecular flexibility index (Phi) is 3.51. The van der Waals surface area contributed by atoms with Gasteiger partial charge in [-0.05, 0) is 23.1 Å². The lowest BCUT2D eigenvalue weighted by molar-refractivity contribution is -0.145. The van der Waals surface area contributed by atoms with Crippen molar-refractivity contribution in [1.82, 2.24) is 0 Å². The maximum atomic E-state index is 11.9. The highest BCUT2D eigenvalue weighted by atomic mass is 32.1. The second-order valence-corrected chi connectivity index (χ2v) is 5.64. The number of para-hydroxylation sites is 1. The van der Waals surface area contributed by atoms with E-state index in [1.54, 1.807) is 11.3 Å². The van der Waals surface area contributed by atoms with Gasteiger partial charge in [0.15, 0.2) is 0 Å². The average Bonchev–Trinajstić information content (AvgIpc) is 3.07. The lowest BCUT2D eigenvalue weighted by atomic mass is 9.98. The predicted octanol–water partition coefficient (Wildman–Crippen LogP) is 3.39. The van der Waals surface area contributed by atoms with E-state index >= 15 is 0 Å². The smallest absolute Gasteiger partial charge is 0.306 e. The van der Waals surface area contributed by atoms with Crippen LogP contribution in [0.3, 0.4) is 0 Å². The van der Waals surface area contributed by atoms with Crippen LogP contribution in [0.5, 0.6) is 0 Å². The normalized spacial score (nSPS) is 16.7. The molecule has 19 heavy (non-hydrogen) atoms. The number of ether oxygens (including phenoxy) is 1. The number of carbonyl (C=O) groups excluding carboxylic acids is 1. The number of esters is 1. The van der Waals surface area contributed by atoms with Crippen LogP contribution in [0.4, 0.5) is 5.69 Å². The van der Waals surface area contributed by atoms with E-state index in [-0.39, 0.29) is 11.9 Å². The number of hydrogen-bond donors (Lipinski definition) is 1. The van der Waals surface area contributed by atoms with E-state index in [2.05, 4.69) is 11.4 Å². The summed E-state index contributed by atoms with van der Waals surface area (Å²) in [6.45, 7) is 1.20. The number of hydrogen-bond acceptors (Lipinski definition) is 4. The summed E-state index contributed by atoms with van der Waals surface area (Å²) in [6, 6.07) is 12.1. The number of carbonyl (C=O) groups is 1. The fourth-order valence-electron chi connectivity index (χ4n) is 2.35. The molecule has 0 saturated heterocycles. The van der Waals surface area contributed by atoms with Crippen LogP contribution >= 0.6 is 11.3 Å². The first-order valence-corrected chi connectivity index (χ1v) is 7.21. The summed E-state index contributed by atoms with van der Waals surface area (Å²) in [6.07, 6.45) is 0.440. The van der Waals surface area contributed by atoms with E-state index in [4.69, 9.17) is 4.74 Å². The minimum absolute atomic E-state index is 0.128. The van der Waals surface area contributed by atoms with E-state index in [1.807, 2.05) is 35.7 Å². The highest BCUT2D eigenvalue weighted by Crippen LogP contribution is 2.33. The molecule has 0 fully saturated rings. The number of rotatable bonds is 4. The standard InChI is InChI=1S/C15H15NO2S/c17-15(18-10-12-4-3-7-19-12)8-11-9-16-14-6-2-1-5-13(11)14/h1-7,11,16H,8-10H2. The molecule has 1 aromatic heterocycles. The van der Waals surface area contributed by atoms with Crippen molar-refractivity contribution in [3.63, 3.8) is 0 Å². The number of fused-ring (bicyclic) bond motifs is 1. The van der Waals surface area contributed by atoms with Crippen LogP contribution in [-0.2, 0) is 16.1 Å². The van der Waals surface area contributed by atoms with E-state index < -0.39 is 0 Å². The number of thiophene rings is 1. The van der Waals surface area contributed by atoms with Gasteiger partial charge < -0.3 is 10.1 Å². The van der Waals surface area contributed by atoms with Gasteiger partial charge in [-0.3, -0.25) is 4.79 Å². The Morgan fingerprint density at radius 1 is 1.32 bits per heavy atom. The highest BCUT2D eigenvalue weighted by Gasteiger charge is 2.24. The molecule has 1 unspecified atom stereocenters. The van der Waals surface area contributed by atoms with Gasteiger partial charge >= 0.3 is 5.97 Å². The van der Waals surface area contributed by atoms with E-state index in [9.17, 15) is 4.79 Å². The van der Waals surface area contributed by atoms with Crippen LogP contribution in [-0.4, -0.2) is 12.5 Å². The summed E-state index contributed by atoms with van der Waals surface area (Å²) < 4.78 is 5.31. The van der Waals surface area contributed by atoms with Crippen LogP contribution < -0.4 is 5.32 Å². The first-order valence-electron chi connectivity index (χ1n) is 6.34. The maximum absolute atomic E-state index is 11.9. The third kappa shape index (κ3) is 2.79. The second kappa shape index (κ2) is 5.45. The maximum Gasteiger partial charge on any atom is 0.306 e. The van der Waals surface area contributed by atoms with Crippen LogP contribution in [0.15, 0.2) is 41.8 Å². The van der Waals surface area contributed by atoms with Crippen LogP contribution in [0.2, 0.25) is 0 Å². The Labute approximate surface area is 116 Å². The number of benzene rings is 1. The van der Waals surface area contributed by atoms with Gasteiger partial charge in [0.2, 0.25) is 0 Å². The molecule has 4 heteroatoms. The molecule has 1 aliphatic heterocycles. The summed E-state index contributed by atoms with van der Waals surface area (Å²) in [5, 5.41) is 5.31. The fourth-order valence-corrected chi connectivity index (χ4v) is 2.96. The van der Waals surface area contributed by atoms with Crippen molar-refractivity contribution in [1.29, 1.82) is 0 Å². The van der Waals surface area contributed by atoms with Crippen LogP contribution in [0.1, 0.15) is 22.8 Å². The molecule has 3 nitrogen and oxygen atoms in total. The Morgan fingerprint density at radius 3 is 3.05 bits per heavy atom. The average molecular weight is 273 g/mol. The SMILES string of the molecule is O=C(CC1CNc2ccccc21)OCc1cccs1. The number of anilines is 1. The monoisotopic (exact) mass is 273 g/mol. The minimum Gasteiger partial charge on any atom is -0.460 e. The fraction of sp³-hybridized carbons (Fsp3) is 0.267. The van der Waals surface area contributed by atoms with Crippen molar-refractivity contribution in [2.75, 3.05) is 11.9 Å². The van der Waals surface area contributed by atoms with Gasteiger partial charge in [-0.15, -0.1) is 11.3 Å². The van der Waals surface area contributed by atoms with Crippen molar-refractivity contribution in [2.24, 2.45) is 0 Å². The molecule has 0 saturated carbocycles. The van der Waals surface area contributed by atoms with E-state index in [1.165, 1.54) is 5.56 Å². The van der Waals surface area contributed by atoms with Crippen molar-refractivity contribution in [3.8, 4) is 0 Å². The topological polar surface area (TPSA) is 38.3 Å². The van der Waals surface area contributed by atoms with Gasteiger partial charge in [0.25, 0.3) is 0 Å². The van der Waals surface area contributed by atoms with E-state index in [0.29, 0.717) is 13.0 Å². The van der Waals surface area contributed by atoms with Crippen molar-refractivity contribution in [3.05, 3.63) is 52.2 Å². The zero-order valence-corrected chi connectivity index (χ0v) is 11.3. The molecule has 1 N–H and O–H groups in total. The van der Waals surface area contributed by atoms with Gasteiger partial charge in [-0.2, -0.15) is 0 Å². The molecule has 98 valence electrons.